The van der Waals surface area contributed by atoms with Crippen LogP contribution >= 0.6 is 50.1 Å². The highest BCUT2D eigenvalue weighted by molar-refractivity contribution is 14.1. The monoisotopic (exact) mass is 454 g/mol. The number of hydrogen-bond donors (Lipinski definition) is 1. The molecule has 1 atom stereocenters. The van der Waals surface area contributed by atoms with Crippen LogP contribution < -0.4 is 0 Å². The van der Waals surface area contributed by atoms with Crippen LogP contribution in [-0.4, -0.2) is 14.9 Å². The first-order valence-corrected chi connectivity index (χ1v) is 7.96. The maximum absolute atomic E-state index is 10.3. The lowest BCUT2D eigenvalue weighted by molar-refractivity contribution is 0.175. The average Bonchev–Trinajstić information content (AvgIpc) is 2.59. The first-order valence-electron chi connectivity index (χ1n) is 5.71. The maximum atomic E-state index is 10.3. The van der Waals surface area contributed by atoms with Gasteiger partial charge in [0, 0.05) is 17.0 Å². The second kappa shape index (κ2) is 6.11. The van der Waals surface area contributed by atoms with E-state index in [-0.39, 0.29) is 0 Å². The van der Waals surface area contributed by atoms with Gasteiger partial charge in [0.1, 0.15) is 0 Å². The summed E-state index contributed by atoms with van der Waals surface area (Å²) in [6.07, 6.45) is -0.102. The van der Waals surface area contributed by atoms with Crippen LogP contribution in [-0.2, 0) is 13.5 Å². The molecule has 0 amide bonds. The van der Waals surface area contributed by atoms with Gasteiger partial charge in [0.05, 0.1) is 27.0 Å². The van der Waals surface area contributed by atoms with Crippen molar-refractivity contribution in [3.8, 4) is 0 Å². The molecule has 3 nitrogen and oxygen atoms in total. The quantitative estimate of drug-likeness (QED) is 0.710. The van der Waals surface area contributed by atoms with Crippen LogP contribution in [0.3, 0.4) is 0 Å². The Balaban J connectivity index is 2.25. The van der Waals surface area contributed by atoms with Crippen LogP contribution in [0, 0.1) is 10.5 Å². The maximum Gasteiger partial charge on any atom is 0.0846 e. The molecule has 1 N–H and O–H groups in total. The Bertz CT molecular complexity index is 615. The molecule has 1 unspecified atom stereocenters. The van der Waals surface area contributed by atoms with E-state index in [0.29, 0.717) is 11.4 Å². The van der Waals surface area contributed by atoms with E-state index in [9.17, 15) is 5.11 Å². The predicted octanol–water partition coefficient (Wildman–Crippen LogP) is 4.03. The van der Waals surface area contributed by atoms with Crippen molar-refractivity contribution in [1.82, 2.24) is 9.78 Å². The van der Waals surface area contributed by atoms with Gasteiger partial charge in [0.15, 0.2) is 0 Å². The number of aliphatic hydroxyl groups excluding tert-OH is 1. The zero-order chi connectivity index (χ0) is 14.2. The lowest BCUT2D eigenvalue weighted by Gasteiger charge is -2.12. The summed E-state index contributed by atoms with van der Waals surface area (Å²) in [7, 11) is 1.88. The summed E-state index contributed by atoms with van der Waals surface area (Å²) < 4.78 is 3.72. The molecule has 0 aliphatic rings. The fourth-order valence-electron chi connectivity index (χ4n) is 1.92. The molecule has 6 heteroatoms. The van der Waals surface area contributed by atoms with Crippen molar-refractivity contribution in [2.45, 2.75) is 19.4 Å². The van der Waals surface area contributed by atoms with E-state index in [4.69, 9.17) is 11.6 Å². The molecule has 19 heavy (non-hydrogen) atoms. The van der Waals surface area contributed by atoms with Gasteiger partial charge < -0.3 is 5.11 Å². The van der Waals surface area contributed by atoms with E-state index < -0.39 is 6.10 Å². The molecule has 0 aliphatic carbocycles. The summed E-state index contributed by atoms with van der Waals surface area (Å²) in [5, 5.41) is 15.3. The van der Waals surface area contributed by atoms with Crippen molar-refractivity contribution < 1.29 is 5.11 Å². The van der Waals surface area contributed by atoms with Crippen LogP contribution in [0.5, 0.6) is 0 Å². The third kappa shape index (κ3) is 3.32. The molecule has 1 aromatic heterocycles. The highest BCUT2D eigenvalue weighted by Gasteiger charge is 2.17. The van der Waals surface area contributed by atoms with Crippen molar-refractivity contribution in [3.63, 3.8) is 0 Å². The highest BCUT2D eigenvalue weighted by Crippen LogP contribution is 2.28. The lowest BCUT2D eigenvalue weighted by Crippen LogP contribution is -2.07. The second-order valence-electron chi connectivity index (χ2n) is 4.36. The molecule has 0 saturated heterocycles. The number of aryl methyl sites for hydroxylation is 2. The zero-order valence-corrected chi connectivity index (χ0v) is 15.0. The van der Waals surface area contributed by atoms with Crippen LogP contribution in [0.2, 0.25) is 5.02 Å². The molecule has 1 aromatic carbocycles. The van der Waals surface area contributed by atoms with Gasteiger partial charge in [0.2, 0.25) is 0 Å². The van der Waals surface area contributed by atoms with Crippen LogP contribution in [0.25, 0.3) is 0 Å². The summed E-state index contributed by atoms with van der Waals surface area (Å²) in [5.74, 6) is 0. The lowest BCUT2D eigenvalue weighted by atomic mass is 10.0. The Morgan fingerprint density at radius 2 is 2.21 bits per heavy atom. The van der Waals surface area contributed by atoms with Crippen molar-refractivity contribution in [2.24, 2.45) is 7.05 Å². The molecular weight excluding hydrogens is 442 g/mol. The van der Waals surface area contributed by atoms with Crippen molar-refractivity contribution in [2.75, 3.05) is 0 Å². The normalized spacial score (nSPS) is 12.7. The van der Waals surface area contributed by atoms with E-state index in [0.717, 1.165) is 25.0 Å². The fraction of sp³-hybridized carbons (Fsp3) is 0.308. The smallest absolute Gasteiger partial charge is 0.0846 e. The van der Waals surface area contributed by atoms with Gasteiger partial charge in [-0.2, -0.15) is 5.10 Å². The summed E-state index contributed by atoms with van der Waals surface area (Å²) in [6, 6.07) is 5.62. The minimum atomic E-state index is -0.597. The molecule has 2 rings (SSSR count). The number of nitrogens with zero attached hydrogens (tertiary/aromatic N) is 2. The molecule has 0 saturated carbocycles. The highest BCUT2D eigenvalue weighted by atomic mass is 127. The molecule has 0 spiro atoms. The van der Waals surface area contributed by atoms with Gasteiger partial charge in [-0.05, 0) is 63.1 Å². The second-order valence-corrected chi connectivity index (χ2v) is 6.73. The Labute approximate surface area is 139 Å². The Kier molecular flexibility index (Phi) is 4.92. The summed E-state index contributed by atoms with van der Waals surface area (Å²) in [6.45, 7) is 1.93. The van der Waals surface area contributed by atoms with E-state index in [2.05, 4.69) is 43.6 Å². The summed E-state index contributed by atoms with van der Waals surface area (Å²) >= 11 is 11.8. The number of aromatic nitrogens is 2. The number of halogens is 3. The van der Waals surface area contributed by atoms with E-state index in [1.54, 1.807) is 4.68 Å². The molecule has 0 aliphatic heterocycles. The molecule has 0 bridgehead atoms. The first kappa shape index (κ1) is 15.3. The number of aliphatic hydroxyl groups is 1. The van der Waals surface area contributed by atoms with Gasteiger partial charge in [-0.1, -0.05) is 17.7 Å². The Morgan fingerprint density at radius 3 is 2.74 bits per heavy atom. The molecule has 2 aromatic rings. The topological polar surface area (TPSA) is 38.0 Å². The predicted molar refractivity (Wildman–Crippen MR) is 88.5 cm³/mol. The van der Waals surface area contributed by atoms with Crippen LogP contribution in [0.15, 0.2) is 22.7 Å². The SMILES string of the molecule is Cc1nn(C)c(CC(O)c2ccc(I)c(Cl)c2)c1Br. The van der Waals surface area contributed by atoms with Crippen LogP contribution in [0.4, 0.5) is 0 Å². The fourth-order valence-corrected chi connectivity index (χ4v) is 2.94. The van der Waals surface area contributed by atoms with Crippen LogP contribution in [0.1, 0.15) is 23.1 Å². The van der Waals surface area contributed by atoms with Gasteiger partial charge in [-0.15, -0.1) is 0 Å². The third-order valence-corrected chi connectivity index (χ3v) is 5.58. The standard InChI is InChI=1S/C13H13BrClIN2O/c1-7-13(14)11(18(2)17-7)6-12(19)8-3-4-10(16)9(15)5-8/h3-5,12,19H,6H2,1-2H3. The minimum Gasteiger partial charge on any atom is -0.388 e. The van der Waals surface area contributed by atoms with Crippen molar-refractivity contribution in [3.05, 3.63) is 48.2 Å². The van der Waals surface area contributed by atoms with Crippen molar-refractivity contribution >= 4 is 50.1 Å². The summed E-state index contributed by atoms with van der Waals surface area (Å²) in [4.78, 5) is 0. The minimum absolute atomic E-state index is 0.495. The molecule has 0 fully saturated rings. The molecular formula is C13H13BrClIN2O. The Hall–Kier alpha value is -0.110. The zero-order valence-electron chi connectivity index (χ0n) is 10.5. The van der Waals surface area contributed by atoms with Gasteiger partial charge in [-0.3, -0.25) is 4.68 Å². The summed E-state index contributed by atoms with van der Waals surface area (Å²) in [5.41, 5.74) is 2.71. The third-order valence-electron chi connectivity index (χ3n) is 2.98. The van der Waals surface area contributed by atoms with Gasteiger partial charge in [-0.25, -0.2) is 0 Å². The number of hydrogen-bond acceptors (Lipinski definition) is 2. The molecule has 0 radical (unpaired) electrons. The van der Waals surface area contributed by atoms with E-state index in [1.807, 2.05) is 32.2 Å². The van der Waals surface area contributed by atoms with Gasteiger partial charge in [0.25, 0.3) is 0 Å². The van der Waals surface area contributed by atoms with Gasteiger partial charge >= 0.3 is 0 Å². The molecule has 1 heterocycles. The first-order chi connectivity index (χ1) is 8.90. The van der Waals surface area contributed by atoms with E-state index in [1.165, 1.54) is 0 Å². The van der Waals surface area contributed by atoms with E-state index >= 15 is 0 Å². The largest absolute Gasteiger partial charge is 0.388 e. The molecule has 102 valence electrons. The van der Waals surface area contributed by atoms with Crippen molar-refractivity contribution in [1.29, 1.82) is 0 Å². The number of rotatable bonds is 3. The number of benzene rings is 1. The average molecular weight is 456 g/mol. The Morgan fingerprint density at radius 1 is 1.53 bits per heavy atom.